The highest BCUT2D eigenvalue weighted by molar-refractivity contribution is 5.98. The molecule has 0 atom stereocenters. The van der Waals surface area contributed by atoms with Crippen LogP contribution in [-0.2, 0) is 11.3 Å². The SMILES string of the molecule is Cc1cccc(C(=O)OCc2ccccc2)c1-c1ccccc1. The van der Waals surface area contributed by atoms with Crippen LogP contribution in [0.2, 0.25) is 0 Å². The fourth-order valence-electron chi connectivity index (χ4n) is 2.63. The van der Waals surface area contributed by atoms with Crippen LogP contribution >= 0.6 is 0 Å². The monoisotopic (exact) mass is 302 g/mol. The summed E-state index contributed by atoms with van der Waals surface area (Å²) in [6.45, 7) is 2.29. The van der Waals surface area contributed by atoms with E-state index >= 15 is 0 Å². The summed E-state index contributed by atoms with van der Waals surface area (Å²) < 4.78 is 5.49. The van der Waals surface area contributed by atoms with Crippen molar-refractivity contribution in [1.29, 1.82) is 0 Å². The standard InChI is InChI=1S/C21H18O2/c1-16-9-8-14-19(20(16)18-12-6-3-7-13-18)21(22)23-15-17-10-4-2-5-11-17/h2-14H,15H2,1H3. The number of ether oxygens (including phenoxy) is 1. The minimum atomic E-state index is -0.295. The van der Waals surface area contributed by atoms with Crippen molar-refractivity contribution in [3.63, 3.8) is 0 Å². The van der Waals surface area contributed by atoms with Crippen LogP contribution in [0.25, 0.3) is 11.1 Å². The third-order valence-electron chi connectivity index (χ3n) is 3.77. The summed E-state index contributed by atoms with van der Waals surface area (Å²) in [7, 11) is 0. The van der Waals surface area contributed by atoms with Crippen LogP contribution in [-0.4, -0.2) is 5.97 Å². The molecule has 0 bridgehead atoms. The molecule has 3 aromatic rings. The lowest BCUT2D eigenvalue weighted by molar-refractivity contribution is 0.0473. The molecule has 23 heavy (non-hydrogen) atoms. The Labute approximate surface area is 136 Å². The molecule has 3 rings (SSSR count). The van der Waals surface area contributed by atoms with Gasteiger partial charge in [-0.05, 0) is 35.2 Å². The zero-order chi connectivity index (χ0) is 16.1. The third-order valence-corrected chi connectivity index (χ3v) is 3.77. The van der Waals surface area contributed by atoms with E-state index in [1.165, 1.54) is 0 Å². The highest BCUT2D eigenvalue weighted by Gasteiger charge is 2.16. The number of rotatable bonds is 4. The second-order valence-corrected chi connectivity index (χ2v) is 5.43. The number of carbonyl (C=O) groups is 1. The van der Waals surface area contributed by atoms with E-state index in [1.54, 1.807) is 0 Å². The van der Waals surface area contributed by atoms with Crippen molar-refractivity contribution in [2.24, 2.45) is 0 Å². The molecule has 3 aromatic carbocycles. The molecular formula is C21H18O2. The number of esters is 1. The van der Waals surface area contributed by atoms with E-state index in [-0.39, 0.29) is 12.6 Å². The molecule has 0 saturated carbocycles. The summed E-state index contributed by atoms with van der Waals surface area (Å²) in [5, 5.41) is 0. The topological polar surface area (TPSA) is 26.3 Å². The van der Waals surface area contributed by atoms with Crippen molar-refractivity contribution in [1.82, 2.24) is 0 Å². The van der Waals surface area contributed by atoms with Gasteiger partial charge < -0.3 is 4.74 Å². The summed E-state index contributed by atoms with van der Waals surface area (Å²) in [6.07, 6.45) is 0. The van der Waals surface area contributed by atoms with Crippen molar-refractivity contribution in [2.45, 2.75) is 13.5 Å². The lowest BCUT2D eigenvalue weighted by Gasteiger charge is -2.12. The Bertz CT molecular complexity index is 793. The molecule has 0 aliphatic heterocycles. The molecule has 0 amide bonds. The fraction of sp³-hybridized carbons (Fsp3) is 0.0952. The summed E-state index contributed by atoms with van der Waals surface area (Å²) >= 11 is 0. The Kier molecular flexibility index (Phi) is 4.53. The van der Waals surface area contributed by atoms with Crippen LogP contribution in [0.5, 0.6) is 0 Å². The maximum Gasteiger partial charge on any atom is 0.339 e. The summed E-state index contributed by atoms with van der Waals surface area (Å²) in [5.41, 5.74) is 4.61. The van der Waals surface area contributed by atoms with Crippen molar-refractivity contribution < 1.29 is 9.53 Å². The Morgan fingerprint density at radius 3 is 2.17 bits per heavy atom. The number of hydrogen-bond acceptors (Lipinski definition) is 2. The van der Waals surface area contributed by atoms with E-state index in [0.29, 0.717) is 5.56 Å². The van der Waals surface area contributed by atoms with E-state index in [0.717, 1.165) is 22.3 Å². The molecule has 0 saturated heterocycles. The molecule has 0 fully saturated rings. The minimum absolute atomic E-state index is 0.280. The van der Waals surface area contributed by atoms with Crippen molar-refractivity contribution in [3.05, 3.63) is 95.6 Å². The third kappa shape index (κ3) is 3.49. The van der Waals surface area contributed by atoms with E-state index in [2.05, 4.69) is 0 Å². The normalized spacial score (nSPS) is 10.3. The molecule has 2 nitrogen and oxygen atoms in total. The van der Waals surface area contributed by atoms with Gasteiger partial charge in [0.15, 0.2) is 0 Å². The van der Waals surface area contributed by atoms with Gasteiger partial charge >= 0.3 is 5.97 Å². The zero-order valence-corrected chi connectivity index (χ0v) is 13.0. The van der Waals surface area contributed by atoms with Gasteiger partial charge in [0, 0.05) is 0 Å². The molecule has 0 radical (unpaired) electrons. The zero-order valence-electron chi connectivity index (χ0n) is 13.0. The smallest absolute Gasteiger partial charge is 0.339 e. The van der Waals surface area contributed by atoms with Gasteiger partial charge in [-0.2, -0.15) is 0 Å². The predicted octanol–water partition coefficient (Wildman–Crippen LogP) is 5.02. The second-order valence-electron chi connectivity index (χ2n) is 5.43. The van der Waals surface area contributed by atoms with Gasteiger partial charge in [-0.25, -0.2) is 4.79 Å². The van der Waals surface area contributed by atoms with Crippen LogP contribution in [0, 0.1) is 6.92 Å². The van der Waals surface area contributed by atoms with Crippen molar-refractivity contribution in [3.8, 4) is 11.1 Å². The first kappa shape index (κ1) is 15.0. The van der Waals surface area contributed by atoms with Gasteiger partial charge in [0.2, 0.25) is 0 Å². The Morgan fingerprint density at radius 2 is 1.48 bits per heavy atom. The van der Waals surface area contributed by atoms with Gasteiger partial charge in [0.25, 0.3) is 0 Å². The van der Waals surface area contributed by atoms with Gasteiger partial charge in [-0.3, -0.25) is 0 Å². The molecular weight excluding hydrogens is 284 g/mol. The molecule has 0 aromatic heterocycles. The largest absolute Gasteiger partial charge is 0.457 e. The van der Waals surface area contributed by atoms with E-state index < -0.39 is 0 Å². The van der Waals surface area contributed by atoms with Gasteiger partial charge in [0.05, 0.1) is 5.56 Å². The van der Waals surface area contributed by atoms with Gasteiger partial charge in [0.1, 0.15) is 6.61 Å². The number of hydrogen-bond donors (Lipinski definition) is 0. The van der Waals surface area contributed by atoms with Crippen molar-refractivity contribution >= 4 is 5.97 Å². The Morgan fingerprint density at radius 1 is 0.826 bits per heavy atom. The lowest BCUT2D eigenvalue weighted by Crippen LogP contribution is -2.07. The van der Waals surface area contributed by atoms with Crippen LogP contribution in [0.15, 0.2) is 78.9 Å². The molecule has 0 aliphatic carbocycles. The molecule has 2 heteroatoms. The maximum absolute atomic E-state index is 12.5. The molecule has 0 spiro atoms. The minimum Gasteiger partial charge on any atom is -0.457 e. The summed E-state index contributed by atoms with van der Waals surface area (Å²) in [6, 6.07) is 25.4. The van der Waals surface area contributed by atoms with Crippen LogP contribution in [0.1, 0.15) is 21.5 Å². The Balaban J connectivity index is 1.88. The van der Waals surface area contributed by atoms with E-state index in [9.17, 15) is 4.79 Å². The maximum atomic E-state index is 12.5. The van der Waals surface area contributed by atoms with E-state index in [1.807, 2.05) is 85.8 Å². The van der Waals surface area contributed by atoms with Crippen molar-refractivity contribution in [2.75, 3.05) is 0 Å². The molecule has 0 aliphatic rings. The first-order chi connectivity index (χ1) is 11.3. The quantitative estimate of drug-likeness (QED) is 0.633. The average molecular weight is 302 g/mol. The average Bonchev–Trinajstić information content (AvgIpc) is 2.61. The lowest BCUT2D eigenvalue weighted by atomic mass is 9.95. The molecule has 0 N–H and O–H groups in total. The van der Waals surface area contributed by atoms with Gasteiger partial charge in [-0.15, -0.1) is 0 Å². The Hall–Kier alpha value is -2.87. The van der Waals surface area contributed by atoms with Gasteiger partial charge in [-0.1, -0.05) is 72.8 Å². The number of benzene rings is 3. The highest BCUT2D eigenvalue weighted by atomic mass is 16.5. The first-order valence-corrected chi connectivity index (χ1v) is 7.62. The molecule has 114 valence electrons. The highest BCUT2D eigenvalue weighted by Crippen LogP contribution is 2.28. The van der Waals surface area contributed by atoms with E-state index in [4.69, 9.17) is 4.74 Å². The number of aryl methyl sites for hydroxylation is 1. The number of carbonyl (C=O) groups excluding carboxylic acids is 1. The van der Waals surface area contributed by atoms with Crippen LogP contribution in [0.4, 0.5) is 0 Å². The first-order valence-electron chi connectivity index (χ1n) is 7.62. The predicted molar refractivity (Wildman–Crippen MR) is 92.2 cm³/mol. The second kappa shape index (κ2) is 6.93. The molecule has 0 heterocycles. The van der Waals surface area contributed by atoms with Crippen LogP contribution in [0.3, 0.4) is 0 Å². The summed E-state index contributed by atoms with van der Waals surface area (Å²) in [5.74, 6) is -0.295. The molecule has 0 unspecified atom stereocenters. The fourth-order valence-corrected chi connectivity index (χ4v) is 2.63. The summed E-state index contributed by atoms with van der Waals surface area (Å²) in [4.78, 5) is 12.5. The van der Waals surface area contributed by atoms with Crippen LogP contribution < -0.4 is 0 Å².